The summed E-state index contributed by atoms with van der Waals surface area (Å²) in [6.45, 7) is 3.90. The van der Waals surface area contributed by atoms with Crippen molar-refractivity contribution < 1.29 is 28.2 Å². The second kappa shape index (κ2) is 11.7. The number of methoxy groups -OCH3 is 1. The first-order valence-electron chi connectivity index (χ1n) is 9.94. The SMILES string of the molecule is COc1cc(C(C)=O)ccc1OCCCC(=O)NCCNC(=O)c1ccc(C)c(F)c1. The highest BCUT2D eigenvalue weighted by Gasteiger charge is 2.10. The molecular formula is C23H27FN2O5. The Morgan fingerprint density at radius 1 is 0.968 bits per heavy atom. The third-order valence-corrected chi connectivity index (χ3v) is 4.54. The monoisotopic (exact) mass is 430 g/mol. The third-order valence-electron chi connectivity index (χ3n) is 4.54. The summed E-state index contributed by atoms with van der Waals surface area (Å²) in [5, 5.41) is 5.34. The van der Waals surface area contributed by atoms with Crippen LogP contribution < -0.4 is 20.1 Å². The van der Waals surface area contributed by atoms with Crippen LogP contribution in [-0.4, -0.2) is 44.4 Å². The largest absolute Gasteiger partial charge is 0.493 e. The number of aryl methyl sites for hydroxylation is 1. The van der Waals surface area contributed by atoms with Crippen LogP contribution in [-0.2, 0) is 4.79 Å². The number of hydrogen-bond donors (Lipinski definition) is 2. The summed E-state index contributed by atoms with van der Waals surface area (Å²) >= 11 is 0. The van der Waals surface area contributed by atoms with Crippen molar-refractivity contribution in [1.29, 1.82) is 0 Å². The van der Waals surface area contributed by atoms with Crippen LogP contribution in [0.25, 0.3) is 0 Å². The molecule has 0 bridgehead atoms. The number of ether oxygens (including phenoxy) is 2. The van der Waals surface area contributed by atoms with Gasteiger partial charge in [0.2, 0.25) is 5.91 Å². The van der Waals surface area contributed by atoms with Gasteiger partial charge in [-0.05, 0) is 56.2 Å². The van der Waals surface area contributed by atoms with E-state index in [2.05, 4.69) is 10.6 Å². The molecule has 0 saturated carbocycles. The van der Waals surface area contributed by atoms with Crippen LogP contribution in [0, 0.1) is 12.7 Å². The van der Waals surface area contributed by atoms with Crippen molar-refractivity contribution in [3.8, 4) is 11.5 Å². The number of Topliss-reactive ketones (excluding diaryl/α,β-unsaturated/α-hetero) is 1. The van der Waals surface area contributed by atoms with Crippen molar-refractivity contribution in [3.05, 3.63) is 58.9 Å². The van der Waals surface area contributed by atoms with Crippen molar-refractivity contribution in [2.75, 3.05) is 26.8 Å². The zero-order valence-electron chi connectivity index (χ0n) is 17.9. The van der Waals surface area contributed by atoms with Gasteiger partial charge in [-0.25, -0.2) is 4.39 Å². The highest BCUT2D eigenvalue weighted by molar-refractivity contribution is 5.95. The van der Waals surface area contributed by atoms with Crippen molar-refractivity contribution in [3.63, 3.8) is 0 Å². The van der Waals surface area contributed by atoms with E-state index in [0.29, 0.717) is 35.7 Å². The van der Waals surface area contributed by atoms with Gasteiger partial charge in [0.05, 0.1) is 13.7 Å². The first kappa shape index (κ1) is 23.9. The average molecular weight is 430 g/mol. The minimum Gasteiger partial charge on any atom is -0.493 e. The second-order valence-corrected chi connectivity index (χ2v) is 6.94. The Bertz CT molecular complexity index is 946. The summed E-state index contributed by atoms with van der Waals surface area (Å²) in [5.41, 5.74) is 1.24. The standard InChI is InChI=1S/C23H27FN2O5/c1-15-6-7-18(13-19(15)24)23(29)26-11-10-25-22(28)5-4-12-31-20-9-8-17(16(2)27)14-21(20)30-3/h6-9,13-14H,4-5,10-12H2,1-3H3,(H,25,28)(H,26,29). The molecule has 0 heterocycles. The lowest BCUT2D eigenvalue weighted by molar-refractivity contribution is -0.121. The van der Waals surface area contributed by atoms with Crippen molar-refractivity contribution >= 4 is 17.6 Å². The predicted molar refractivity (Wildman–Crippen MR) is 114 cm³/mol. The zero-order valence-corrected chi connectivity index (χ0v) is 17.9. The highest BCUT2D eigenvalue weighted by Crippen LogP contribution is 2.28. The molecule has 0 aliphatic heterocycles. The topological polar surface area (TPSA) is 93.7 Å². The lowest BCUT2D eigenvalue weighted by atomic mass is 10.1. The van der Waals surface area contributed by atoms with Crippen molar-refractivity contribution in [1.82, 2.24) is 10.6 Å². The van der Waals surface area contributed by atoms with E-state index in [1.807, 2.05) is 0 Å². The first-order valence-corrected chi connectivity index (χ1v) is 9.94. The average Bonchev–Trinajstić information content (AvgIpc) is 2.75. The van der Waals surface area contributed by atoms with Crippen molar-refractivity contribution in [2.24, 2.45) is 0 Å². The Morgan fingerprint density at radius 3 is 2.35 bits per heavy atom. The Labute approximate surface area is 180 Å². The summed E-state index contributed by atoms with van der Waals surface area (Å²) in [6.07, 6.45) is 0.739. The van der Waals surface area contributed by atoms with E-state index in [0.717, 1.165) is 0 Å². The maximum absolute atomic E-state index is 13.5. The van der Waals surface area contributed by atoms with E-state index in [1.165, 1.54) is 20.1 Å². The molecule has 0 unspecified atom stereocenters. The van der Waals surface area contributed by atoms with Gasteiger partial charge >= 0.3 is 0 Å². The molecule has 8 heteroatoms. The molecule has 0 radical (unpaired) electrons. The number of carbonyl (C=O) groups is 3. The molecule has 0 spiro atoms. The number of ketones is 1. The summed E-state index contributed by atoms with van der Waals surface area (Å²) in [4.78, 5) is 35.3. The number of rotatable bonds is 11. The number of benzene rings is 2. The van der Waals surface area contributed by atoms with Crippen LogP contribution in [0.4, 0.5) is 4.39 Å². The smallest absolute Gasteiger partial charge is 0.251 e. The van der Waals surface area contributed by atoms with Gasteiger partial charge < -0.3 is 20.1 Å². The van der Waals surface area contributed by atoms with Gasteiger partial charge in [0.25, 0.3) is 5.91 Å². The zero-order chi connectivity index (χ0) is 22.8. The van der Waals surface area contributed by atoms with E-state index in [-0.39, 0.29) is 36.8 Å². The fraction of sp³-hybridized carbons (Fsp3) is 0.348. The number of hydrogen-bond acceptors (Lipinski definition) is 5. The Hall–Kier alpha value is -3.42. The first-order chi connectivity index (χ1) is 14.8. The molecule has 0 aliphatic carbocycles. The van der Waals surface area contributed by atoms with Crippen molar-refractivity contribution in [2.45, 2.75) is 26.7 Å². The summed E-state index contributed by atoms with van der Waals surface area (Å²) in [6, 6.07) is 9.22. The Balaban J connectivity index is 1.64. The normalized spacial score (nSPS) is 10.3. The number of carbonyl (C=O) groups excluding carboxylic acids is 3. The molecule has 0 fully saturated rings. The van der Waals surface area contributed by atoms with Crippen LogP contribution in [0.15, 0.2) is 36.4 Å². The van der Waals surface area contributed by atoms with Crippen LogP contribution in [0.5, 0.6) is 11.5 Å². The van der Waals surface area contributed by atoms with Gasteiger partial charge in [-0.1, -0.05) is 6.07 Å². The van der Waals surface area contributed by atoms with Gasteiger partial charge in [-0.2, -0.15) is 0 Å². The summed E-state index contributed by atoms with van der Waals surface area (Å²) in [5.74, 6) is -0.103. The molecule has 2 rings (SSSR count). The van der Waals surface area contributed by atoms with Crippen LogP contribution in [0.1, 0.15) is 46.0 Å². The molecule has 2 aromatic carbocycles. The minimum absolute atomic E-state index is 0.0660. The summed E-state index contributed by atoms with van der Waals surface area (Å²) in [7, 11) is 1.49. The molecule has 2 N–H and O–H groups in total. The predicted octanol–water partition coefficient (Wildman–Crippen LogP) is 3.05. The molecule has 2 aromatic rings. The van der Waals surface area contributed by atoms with Crippen LogP contribution in [0.2, 0.25) is 0 Å². The van der Waals surface area contributed by atoms with E-state index in [4.69, 9.17) is 9.47 Å². The lowest BCUT2D eigenvalue weighted by Gasteiger charge is -2.11. The van der Waals surface area contributed by atoms with Gasteiger partial charge in [0, 0.05) is 30.6 Å². The maximum atomic E-state index is 13.5. The maximum Gasteiger partial charge on any atom is 0.251 e. The van der Waals surface area contributed by atoms with Gasteiger partial charge in [-0.15, -0.1) is 0 Å². The number of halogens is 1. The quantitative estimate of drug-likeness (QED) is 0.422. The molecule has 31 heavy (non-hydrogen) atoms. The Morgan fingerprint density at radius 2 is 1.68 bits per heavy atom. The second-order valence-electron chi connectivity index (χ2n) is 6.94. The van der Waals surface area contributed by atoms with E-state index < -0.39 is 11.7 Å². The van der Waals surface area contributed by atoms with Crippen LogP contribution in [0.3, 0.4) is 0 Å². The van der Waals surface area contributed by atoms with Gasteiger partial charge in [0.15, 0.2) is 17.3 Å². The fourth-order valence-electron chi connectivity index (χ4n) is 2.72. The molecule has 2 amide bonds. The fourth-order valence-corrected chi connectivity index (χ4v) is 2.72. The van der Waals surface area contributed by atoms with Gasteiger partial charge in [-0.3, -0.25) is 14.4 Å². The molecule has 0 aromatic heterocycles. The minimum atomic E-state index is -0.435. The molecule has 0 aliphatic rings. The molecular weight excluding hydrogens is 403 g/mol. The number of amides is 2. The lowest BCUT2D eigenvalue weighted by Crippen LogP contribution is -2.34. The molecule has 0 saturated heterocycles. The van der Waals surface area contributed by atoms with E-state index in [1.54, 1.807) is 37.3 Å². The third kappa shape index (κ3) is 7.40. The number of nitrogens with one attached hydrogen (secondary N) is 2. The van der Waals surface area contributed by atoms with Crippen LogP contribution >= 0.6 is 0 Å². The van der Waals surface area contributed by atoms with Gasteiger partial charge in [0.1, 0.15) is 5.82 Å². The van der Waals surface area contributed by atoms with E-state index >= 15 is 0 Å². The molecule has 7 nitrogen and oxygen atoms in total. The molecule has 166 valence electrons. The Kier molecular flexibility index (Phi) is 8.99. The molecule has 0 atom stereocenters. The highest BCUT2D eigenvalue weighted by atomic mass is 19.1. The summed E-state index contributed by atoms with van der Waals surface area (Å²) < 4.78 is 24.4. The van der Waals surface area contributed by atoms with E-state index in [9.17, 15) is 18.8 Å².